The van der Waals surface area contributed by atoms with Crippen molar-refractivity contribution in [3.63, 3.8) is 0 Å². The first kappa shape index (κ1) is 16.0. The van der Waals surface area contributed by atoms with Crippen molar-refractivity contribution in [2.45, 2.75) is 45.0 Å². The van der Waals surface area contributed by atoms with Gasteiger partial charge >= 0.3 is 0 Å². The Morgan fingerprint density at radius 3 is 2.71 bits per heavy atom. The van der Waals surface area contributed by atoms with Gasteiger partial charge in [-0.3, -0.25) is 4.79 Å². The molecule has 1 fully saturated rings. The third-order valence-corrected chi connectivity index (χ3v) is 4.44. The summed E-state index contributed by atoms with van der Waals surface area (Å²) in [6, 6.07) is 7.77. The summed E-state index contributed by atoms with van der Waals surface area (Å²) in [7, 11) is -0.0208. The van der Waals surface area contributed by atoms with Gasteiger partial charge in [0.2, 0.25) is 0 Å². The Labute approximate surface area is 128 Å². The van der Waals surface area contributed by atoms with E-state index in [4.69, 9.17) is 9.16 Å². The summed E-state index contributed by atoms with van der Waals surface area (Å²) in [6.45, 7) is 6.49. The van der Waals surface area contributed by atoms with E-state index < -0.39 is 8.32 Å². The largest absolute Gasteiger partial charge is 0.497 e. The quantitative estimate of drug-likeness (QED) is 0.622. The third kappa shape index (κ3) is 4.54. The standard InChI is InChI=1S/C17H24O3Si/c1-19-14-8-5-7-13(11-14)12-15-16(18)9-6-10-17(15)20-21(2,3)4/h5,7-8,11-12,17H,6,9-10H2,1-4H3/b15-12+. The van der Waals surface area contributed by atoms with Crippen molar-refractivity contribution >= 4 is 20.2 Å². The average molecular weight is 304 g/mol. The topological polar surface area (TPSA) is 35.5 Å². The van der Waals surface area contributed by atoms with Gasteiger partial charge in [0.1, 0.15) is 5.75 Å². The van der Waals surface area contributed by atoms with E-state index in [2.05, 4.69) is 19.6 Å². The highest BCUT2D eigenvalue weighted by Gasteiger charge is 2.30. The van der Waals surface area contributed by atoms with Crippen LogP contribution in [-0.4, -0.2) is 27.3 Å². The van der Waals surface area contributed by atoms with E-state index in [-0.39, 0.29) is 11.9 Å². The number of hydrogen-bond donors (Lipinski definition) is 0. The lowest BCUT2D eigenvalue weighted by molar-refractivity contribution is -0.117. The van der Waals surface area contributed by atoms with Gasteiger partial charge in [-0.15, -0.1) is 0 Å². The Morgan fingerprint density at radius 2 is 2.05 bits per heavy atom. The predicted octanol–water partition coefficient (Wildman–Crippen LogP) is 4.05. The first-order valence-electron chi connectivity index (χ1n) is 7.46. The molecule has 1 atom stereocenters. The molecular weight excluding hydrogens is 280 g/mol. The van der Waals surface area contributed by atoms with Gasteiger partial charge in [-0.25, -0.2) is 0 Å². The lowest BCUT2D eigenvalue weighted by atomic mass is 9.89. The van der Waals surface area contributed by atoms with Crippen molar-refractivity contribution in [3.8, 4) is 5.75 Å². The molecular formula is C17H24O3Si. The van der Waals surface area contributed by atoms with Crippen LogP contribution >= 0.6 is 0 Å². The average Bonchev–Trinajstić information content (AvgIpc) is 2.41. The van der Waals surface area contributed by atoms with Gasteiger partial charge in [0, 0.05) is 12.0 Å². The molecule has 0 N–H and O–H groups in total. The van der Waals surface area contributed by atoms with Gasteiger partial charge < -0.3 is 9.16 Å². The van der Waals surface area contributed by atoms with Crippen LogP contribution in [0.4, 0.5) is 0 Å². The van der Waals surface area contributed by atoms with Crippen LogP contribution in [0, 0.1) is 0 Å². The van der Waals surface area contributed by atoms with E-state index in [1.54, 1.807) is 7.11 Å². The maximum Gasteiger partial charge on any atom is 0.184 e. The van der Waals surface area contributed by atoms with Crippen molar-refractivity contribution in [1.82, 2.24) is 0 Å². The second kappa shape index (κ2) is 6.58. The molecule has 1 aliphatic carbocycles. The van der Waals surface area contributed by atoms with Crippen LogP contribution in [0.25, 0.3) is 6.08 Å². The number of benzene rings is 1. The van der Waals surface area contributed by atoms with Gasteiger partial charge in [0.15, 0.2) is 14.1 Å². The normalized spacial score (nSPS) is 21.6. The Bertz CT molecular complexity index is 543. The molecule has 0 bridgehead atoms. The van der Waals surface area contributed by atoms with Crippen molar-refractivity contribution in [2.24, 2.45) is 0 Å². The fraction of sp³-hybridized carbons (Fsp3) is 0.471. The molecule has 1 saturated carbocycles. The first-order chi connectivity index (χ1) is 9.89. The summed E-state index contributed by atoms with van der Waals surface area (Å²) < 4.78 is 11.4. The van der Waals surface area contributed by atoms with Gasteiger partial charge in [-0.2, -0.15) is 0 Å². The molecule has 1 aromatic carbocycles. The molecule has 1 aliphatic rings. The number of ether oxygens (including phenoxy) is 1. The summed E-state index contributed by atoms with van der Waals surface area (Å²) in [5, 5.41) is 0. The highest BCUT2D eigenvalue weighted by atomic mass is 28.4. The molecule has 0 spiro atoms. The Hall–Kier alpha value is -1.39. The third-order valence-electron chi connectivity index (χ3n) is 3.45. The fourth-order valence-electron chi connectivity index (χ4n) is 2.56. The number of hydrogen-bond acceptors (Lipinski definition) is 3. The molecule has 3 nitrogen and oxygen atoms in total. The van der Waals surface area contributed by atoms with E-state index in [1.807, 2.05) is 30.3 Å². The molecule has 0 amide bonds. The molecule has 2 rings (SSSR count). The number of methoxy groups -OCH3 is 1. The summed E-state index contributed by atoms with van der Waals surface area (Å²) in [5.74, 6) is 1.02. The van der Waals surface area contributed by atoms with E-state index >= 15 is 0 Å². The Morgan fingerprint density at radius 1 is 1.29 bits per heavy atom. The fourth-order valence-corrected chi connectivity index (χ4v) is 3.66. The molecule has 21 heavy (non-hydrogen) atoms. The van der Waals surface area contributed by atoms with Crippen molar-refractivity contribution in [2.75, 3.05) is 7.11 Å². The van der Waals surface area contributed by atoms with Crippen molar-refractivity contribution in [1.29, 1.82) is 0 Å². The number of ketones is 1. The predicted molar refractivity (Wildman–Crippen MR) is 88.0 cm³/mol. The maximum atomic E-state index is 12.3. The number of Topliss-reactive ketones (excluding diaryl/α,β-unsaturated/α-hetero) is 1. The van der Waals surface area contributed by atoms with Crippen molar-refractivity contribution in [3.05, 3.63) is 35.4 Å². The van der Waals surface area contributed by atoms with Crippen molar-refractivity contribution < 1.29 is 14.0 Å². The zero-order valence-corrected chi connectivity index (χ0v) is 14.3. The van der Waals surface area contributed by atoms with Crippen LogP contribution in [-0.2, 0) is 9.22 Å². The summed E-state index contributed by atoms with van der Waals surface area (Å²) in [4.78, 5) is 12.3. The maximum absolute atomic E-state index is 12.3. The minimum Gasteiger partial charge on any atom is -0.497 e. The van der Waals surface area contributed by atoms with Gasteiger partial charge in [-0.05, 0) is 56.3 Å². The van der Waals surface area contributed by atoms with E-state index in [9.17, 15) is 4.79 Å². The highest BCUT2D eigenvalue weighted by molar-refractivity contribution is 6.69. The number of carbonyl (C=O) groups is 1. The summed E-state index contributed by atoms with van der Waals surface area (Å²) in [5.41, 5.74) is 1.81. The monoisotopic (exact) mass is 304 g/mol. The van der Waals surface area contributed by atoms with Gasteiger partial charge in [-0.1, -0.05) is 12.1 Å². The minimum atomic E-state index is -1.67. The molecule has 1 aromatic rings. The molecule has 1 unspecified atom stereocenters. The number of rotatable bonds is 4. The van der Waals surface area contributed by atoms with Gasteiger partial charge in [0.25, 0.3) is 0 Å². The molecule has 0 heterocycles. The molecule has 0 saturated heterocycles. The molecule has 114 valence electrons. The zero-order valence-electron chi connectivity index (χ0n) is 13.3. The lowest BCUT2D eigenvalue weighted by Gasteiger charge is -2.30. The first-order valence-corrected chi connectivity index (χ1v) is 10.9. The smallest absolute Gasteiger partial charge is 0.184 e. The molecule has 4 heteroatoms. The molecule has 0 aromatic heterocycles. The van der Waals surface area contributed by atoms with Crippen LogP contribution in [0.2, 0.25) is 19.6 Å². The number of carbonyl (C=O) groups excluding carboxylic acids is 1. The second-order valence-electron chi connectivity index (χ2n) is 6.41. The van der Waals surface area contributed by atoms with E-state index in [1.165, 1.54) is 0 Å². The summed E-state index contributed by atoms with van der Waals surface area (Å²) >= 11 is 0. The Kier molecular flexibility index (Phi) is 5.01. The second-order valence-corrected chi connectivity index (χ2v) is 10.9. The van der Waals surface area contributed by atoms with Crippen LogP contribution < -0.4 is 4.74 Å². The van der Waals surface area contributed by atoms with Crippen LogP contribution in [0.5, 0.6) is 5.75 Å². The highest BCUT2D eigenvalue weighted by Crippen LogP contribution is 2.28. The molecule has 0 radical (unpaired) electrons. The van der Waals surface area contributed by atoms with Crippen LogP contribution in [0.3, 0.4) is 0 Å². The van der Waals surface area contributed by atoms with Gasteiger partial charge in [0.05, 0.1) is 13.2 Å². The van der Waals surface area contributed by atoms with E-state index in [0.29, 0.717) is 6.42 Å². The Balaban J connectivity index is 2.30. The lowest BCUT2D eigenvalue weighted by Crippen LogP contribution is -2.36. The van der Waals surface area contributed by atoms with E-state index in [0.717, 1.165) is 29.7 Å². The SMILES string of the molecule is COc1cccc(/C=C2\C(=O)CCCC2O[Si](C)(C)C)c1. The summed E-state index contributed by atoms with van der Waals surface area (Å²) in [6.07, 6.45) is 4.40. The minimum absolute atomic E-state index is 0.0517. The van der Waals surface area contributed by atoms with Crippen LogP contribution in [0.15, 0.2) is 29.8 Å². The zero-order chi connectivity index (χ0) is 15.5. The van der Waals surface area contributed by atoms with Crippen LogP contribution in [0.1, 0.15) is 24.8 Å². The molecule has 0 aliphatic heterocycles.